The topological polar surface area (TPSA) is 87.9 Å². The number of nitrogens with zero attached hydrogens (tertiary/aromatic N) is 3. The number of halogens is 1. The van der Waals surface area contributed by atoms with Crippen molar-refractivity contribution in [3.63, 3.8) is 0 Å². The van der Waals surface area contributed by atoms with Crippen molar-refractivity contribution in [2.45, 2.75) is 10.1 Å². The van der Waals surface area contributed by atoms with Crippen LogP contribution in [-0.2, 0) is 10.5 Å². The Labute approximate surface area is 169 Å². The van der Waals surface area contributed by atoms with Crippen LogP contribution in [0.4, 0.5) is 5.13 Å². The Hall–Kier alpha value is -2.60. The van der Waals surface area contributed by atoms with Crippen LogP contribution in [0.3, 0.4) is 0 Å². The van der Waals surface area contributed by atoms with Crippen LogP contribution in [0.5, 0.6) is 5.75 Å². The van der Waals surface area contributed by atoms with Crippen LogP contribution in [0, 0.1) is 11.3 Å². The first-order chi connectivity index (χ1) is 13.1. The van der Waals surface area contributed by atoms with Crippen molar-refractivity contribution in [1.82, 2.24) is 10.2 Å². The number of benzene rings is 2. The maximum atomic E-state index is 12.0. The molecule has 1 aromatic heterocycles. The average molecular weight is 417 g/mol. The van der Waals surface area contributed by atoms with E-state index in [0.29, 0.717) is 21.5 Å². The smallest absolute Gasteiger partial charge is 0.264 e. The normalized spacial score (nSPS) is 10.2. The summed E-state index contributed by atoms with van der Waals surface area (Å²) >= 11 is 8.68. The molecule has 27 heavy (non-hydrogen) atoms. The number of hydrogen-bond donors (Lipinski definition) is 1. The number of carbonyl (C=O) groups is 1. The van der Waals surface area contributed by atoms with E-state index in [-0.39, 0.29) is 12.5 Å². The minimum Gasteiger partial charge on any atom is -0.482 e. The van der Waals surface area contributed by atoms with E-state index < -0.39 is 0 Å². The summed E-state index contributed by atoms with van der Waals surface area (Å²) in [5.74, 6) is 0.730. The molecule has 6 nitrogen and oxygen atoms in total. The summed E-state index contributed by atoms with van der Waals surface area (Å²) in [5.41, 5.74) is 1.50. The van der Waals surface area contributed by atoms with Crippen molar-refractivity contribution in [1.29, 1.82) is 5.26 Å². The fraction of sp³-hybridized carbons (Fsp3) is 0.111. The van der Waals surface area contributed by atoms with Gasteiger partial charge in [-0.1, -0.05) is 59.0 Å². The molecule has 0 fully saturated rings. The highest BCUT2D eigenvalue weighted by Crippen LogP contribution is 2.28. The lowest BCUT2D eigenvalue weighted by Crippen LogP contribution is -2.20. The second kappa shape index (κ2) is 9.37. The third-order valence-corrected chi connectivity index (χ3v) is 5.59. The molecule has 0 unspecified atom stereocenters. The van der Waals surface area contributed by atoms with Crippen molar-refractivity contribution in [3.05, 3.63) is 64.7 Å². The molecule has 1 N–H and O–H groups in total. The lowest BCUT2D eigenvalue weighted by Gasteiger charge is -2.06. The van der Waals surface area contributed by atoms with Gasteiger partial charge in [0, 0.05) is 10.8 Å². The number of para-hydroxylation sites is 1. The highest BCUT2D eigenvalue weighted by Gasteiger charge is 2.11. The van der Waals surface area contributed by atoms with Gasteiger partial charge in [-0.3, -0.25) is 10.1 Å². The standard InChI is InChI=1S/C18H13ClN4O2S2/c19-14-7-5-12(6-8-14)11-26-18-23-22-17(27-18)21-16(24)10-25-15-4-2-1-3-13(15)9-20/h1-8H,10-11H2,(H,21,22,24). The van der Waals surface area contributed by atoms with Gasteiger partial charge in [-0.2, -0.15) is 5.26 Å². The summed E-state index contributed by atoms with van der Waals surface area (Å²) in [6.45, 7) is -0.217. The molecule has 0 saturated heterocycles. The van der Waals surface area contributed by atoms with E-state index in [4.69, 9.17) is 21.6 Å². The first kappa shape index (κ1) is 19.2. The Morgan fingerprint density at radius 2 is 2.00 bits per heavy atom. The van der Waals surface area contributed by atoms with Gasteiger partial charge < -0.3 is 4.74 Å². The molecular weight excluding hydrogens is 404 g/mol. The number of nitrogens with one attached hydrogen (secondary N) is 1. The van der Waals surface area contributed by atoms with Crippen LogP contribution < -0.4 is 10.1 Å². The molecule has 2 aromatic carbocycles. The molecule has 0 bridgehead atoms. The number of aromatic nitrogens is 2. The van der Waals surface area contributed by atoms with Gasteiger partial charge in [0.2, 0.25) is 5.13 Å². The van der Waals surface area contributed by atoms with Crippen LogP contribution in [0.15, 0.2) is 52.9 Å². The molecular formula is C18H13ClN4O2S2. The van der Waals surface area contributed by atoms with E-state index in [1.807, 2.05) is 30.3 Å². The highest BCUT2D eigenvalue weighted by molar-refractivity contribution is 8.00. The molecule has 1 amide bonds. The van der Waals surface area contributed by atoms with Crippen molar-refractivity contribution >= 4 is 45.7 Å². The summed E-state index contributed by atoms with van der Waals surface area (Å²) in [6, 6.07) is 16.3. The van der Waals surface area contributed by atoms with E-state index in [1.165, 1.54) is 23.1 Å². The van der Waals surface area contributed by atoms with Crippen molar-refractivity contribution < 1.29 is 9.53 Å². The molecule has 0 aliphatic heterocycles. The Bertz CT molecular complexity index is 970. The summed E-state index contributed by atoms with van der Waals surface area (Å²) in [5, 5.41) is 20.8. The fourth-order valence-electron chi connectivity index (χ4n) is 2.03. The monoisotopic (exact) mass is 416 g/mol. The second-order valence-electron chi connectivity index (χ2n) is 5.23. The maximum Gasteiger partial charge on any atom is 0.264 e. The minimum atomic E-state index is -0.367. The molecule has 0 spiro atoms. The van der Waals surface area contributed by atoms with Crippen molar-refractivity contribution in [2.24, 2.45) is 0 Å². The highest BCUT2D eigenvalue weighted by atomic mass is 35.5. The summed E-state index contributed by atoms with van der Waals surface area (Å²) < 4.78 is 6.14. The van der Waals surface area contributed by atoms with E-state index in [2.05, 4.69) is 15.5 Å². The quantitative estimate of drug-likeness (QED) is 0.454. The van der Waals surface area contributed by atoms with Crippen LogP contribution >= 0.6 is 34.7 Å². The molecule has 1 heterocycles. The lowest BCUT2D eigenvalue weighted by molar-refractivity contribution is -0.118. The summed E-state index contributed by atoms with van der Waals surface area (Å²) in [6.07, 6.45) is 0. The third-order valence-electron chi connectivity index (χ3n) is 3.29. The van der Waals surface area contributed by atoms with E-state index in [9.17, 15) is 4.79 Å². The zero-order valence-corrected chi connectivity index (χ0v) is 16.3. The zero-order chi connectivity index (χ0) is 19.1. The summed E-state index contributed by atoms with van der Waals surface area (Å²) in [4.78, 5) is 12.0. The zero-order valence-electron chi connectivity index (χ0n) is 13.9. The van der Waals surface area contributed by atoms with Crippen LogP contribution in [0.25, 0.3) is 0 Å². The third kappa shape index (κ3) is 5.69. The lowest BCUT2D eigenvalue weighted by atomic mass is 10.2. The van der Waals surface area contributed by atoms with Gasteiger partial charge in [-0.05, 0) is 29.8 Å². The number of nitriles is 1. The van der Waals surface area contributed by atoms with Gasteiger partial charge in [0.15, 0.2) is 10.9 Å². The van der Waals surface area contributed by atoms with Gasteiger partial charge in [0.05, 0.1) is 5.56 Å². The van der Waals surface area contributed by atoms with E-state index in [0.717, 1.165) is 15.7 Å². The van der Waals surface area contributed by atoms with Gasteiger partial charge >= 0.3 is 0 Å². The predicted octanol–water partition coefficient (Wildman–Crippen LogP) is 4.37. The number of hydrogen-bond acceptors (Lipinski definition) is 7. The number of amides is 1. The Morgan fingerprint density at radius 1 is 1.22 bits per heavy atom. The number of carbonyl (C=O) groups excluding carboxylic acids is 1. The number of ether oxygens (including phenoxy) is 1. The van der Waals surface area contributed by atoms with Gasteiger partial charge in [0.25, 0.3) is 5.91 Å². The van der Waals surface area contributed by atoms with Crippen LogP contribution in [0.1, 0.15) is 11.1 Å². The Kier molecular flexibility index (Phi) is 6.65. The molecule has 0 aliphatic carbocycles. The SMILES string of the molecule is N#Cc1ccccc1OCC(=O)Nc1nnc(SCc2ccc(Cl)cc2)s1. The van der Waals surface area contributed by atoms with Crippen molar-refractivity contribution in [3.8, 4) is 11.8 Å². The van der Waals surface area contributed by atoms with Gasteiger partial charge in [-0.25, -0.2) is 0 Å². The number of rotatable bonds is 7. The molecule has 0 aliphatic rings. The number of thioether (sulfide) groups is 1. The molecule has 136 valence electrons. The Morgan fingerprint density at radius 3 is 2.78 bits per heavy atom. The van der Waals surface area contributed by atoms with Gasteiger partial charge in [-0.15, -0.1) is 10.2 Å². The van der Waals surface area contributed by atoms with Crippen molar-refractivity contribution in [2.75, 3.05) is 11.9 Å². The molecule has 0 saturated carbocycles. The predicted molar refractivity (Wildman–Crippen MR) is 106 cm³/mol. The molecule has 0 radical (unpaired) electrons. The fourth-order valence-corrected chi connectivity index (χ4v) is 3.88. The average Bonchev–Trinajstić information content (AvgIpc) is 3.13. The molecule has 9 heteroatoms. The molecule has 3 rings (SSSR count). The first-order valence-electron chi connectivity index (χ1n) is 7.76. The second-order valence-corrected chi connectivity index (χ2v) is 7.87. The van der Waals surface area contributed by atoms with E-state index in [1.54, 1.807) is 24.3 Å². The van der Waals surface area contributed by atoms with Crippen LogP contribution in [0.2, 0.25) is 5.02 Å². The van der Waals surface area contributed by atoms with Gasteiger partial charge in [0.1, 0.15) is 11.8 Å². The number of anilines is 1. The van der Waals surface area contributed by atoms with Crippen LogP contribution in [-0.4, -0.2) is 22.7 Å². The first-order valence-corrected chi connectivity index (χ1v) is 9.94. The Balaban J connectivity index is 1.49. The minimum absolute atomic E-state index is 0.217. The molecule has 3 aromatic rings. The maximum absolute atomic E-state index is 12.0. The molecule has 0 atom stereocenters. The van der Waals surface area contributed by atoms with E-state index >= 15 is 0 Å². The summed E-state index contributed by atoms with van der Waals surface area (Å²) in [7, 11) is 0. The largest absolute Gasteiger partial charge is 0.482 e.